The molecule has 0 unspecified atom stereocenters. The number of carbonyl (C=O) groups is 2. The van der Waals surface area contributed by atoms with Crippen LogP contribution in [0.2, 0.25) is 5.02 Å². The highest BCUT2D eigenvalue weighted by molar-refractivity contribution is 6.30. The Hall–Kier alpha value is -3.51. The minimum atomic E-state index is -0.289. The molecule has 0 atom stereocenters. The first-order chi connectivity index (χ1) is 16.1. The number of methoxy groups -OCH3 is 1. The van der Waals surface area contributed by atoms with Gasteiger partial charge in [0.15, 0.2) is 0 Å². The van der Waals surface area contributed by atoms with E-state index in [0.29, 0.717) is 29.4 Å². The highest BCUT2D eigenvalue weighted by Crippen LogP contribution is 2.32. The number of rotatable bonds is 6. The van der Waals surface area contributed by atoms with Crippen molar-refractivity contribution in [2.24, 2.45) is 0 Å². The molecule has 1 N–H and O–H groups in total. The summed E-state index contributed by atoms with van der Waals surface area (Å²) in [6.45, 7) is 2.58. The van der Waals surface area contributed by atoms with Gasteiger partial charge in [-0.15, -0.1) is 0 Å². The Morgan fingerprint density at radius 2 is 1.61 bits per heavy atom. The number of ether oxygens (including phenoxy) is 1. The Morgan fingerprint density at radius 1 is 0.909 bits per heavy atom. The number of amides is 2. The Labute approximate surface area is 198 Å². The number of benzene rings is 3. The van der Waals surface area contributed by atoms with Crippen LogP contribution in [-0.2, 0) is 4.79 Å². The van der Waals surface area contributed by atoms with Crippen LogP contribution in [0.25, 0.3) is 11.1 Å². The van der Waals surface area contributed by atoms with Crippen LogP contribution in [0, 0.1) is 0 Å². The van der Waals surface area contributed by atoms with Crippen LogP contribution in [0.3, 0.4) is 0 Å². The van der Waals surface area contributed by atoms with Crippen molar-refractivity contribution in [2.75, 3.05) is 44.7 Å². The van der Waals surface area contributed by atoms with Gasteiger partial charge in [0, 0.05) is 48.0 Å². The van der Waals surface area contributed by atoms with Gasteiger partial charge in [0.2, 0.25) is 5.91 Å². The summed E-state index contributed by atoms with van der Waals surface area (Å²) in [5.74, 6) is 0.303. The molecule has 33 heavy (non-hydrogen) atoms. The van der Waals surface area contributed by atoms with Crippen molar-refractivity contribution in [3.05, 3.63) is 83.4 Å². The highest BCUT2D eigenvalue weighted by atomic mass is 35.5. The number of halogens is 1. The van der Waals surface area contributed by atoms with Crippen LogP contribution >= 0.6 is 11.6 Å². The fourth-order valence-electron chi connectivity index (χ4n) is 4.03. The van der Waals surface area contributed by atoms with E-state index in [0.717, 1.165) is 29.9 Å². The lowest BCUT2D eigenvalue weighted by atomic mass is 9.98. The number of carbonyl (C=O) groups excluding carboxylic acids is 2. The lowest BCUT2D eigenvalue weighted by Gasteiger charge is -2.36. The van der Waals surface area contributed by atoms with E-state index in [1.807, 2.05) is 66.7 Å². The number of hydrogen-bond acceptors (Lipinski definition) is 4. The quantitative estimate of drug-likeness (QED) is 0.598. The average Bonchev–Trinajstić information content (AvgIpc) is 2.87. The van der Waals surface area contributed by atoms with Gasteiger partial charge in [0.1, 0.15) is 5.75 Å². The maximum absolute atomic E-state index is 13.0. The second kappa shape index (κ2) is 10.4. The van der Waals surface area contributed by atoms with Gasteiger partial charge in [-0.25, -0.2) is 0 Å². The predicted molar refractivity (Wildman–Crippen MR) is 131 cm³/mol. The zero-order valence-corrected chi connectivity index (χ0v) is 19.2. The van der Waals surface area contributed by atoms with E-state index in [4.69, 9.17) is 16.3 Å². The molecule has 0 radical (unpaired) electrons. The van der Waals surface area contributed by atoms with Crippen LogP contribution < -0.4 is 15.0 Å². The number of para-hydroxylation sites is 1. The van der Waals surface area contributed by atoms with Gasteiger partial charge >= 0.3 is 0 Å². The van der Waals surface area contributed by atoms with Crippen molar-refractivity contribution in [3.63, 3.8) is 0 Å². The molecule has 1 saturated heterocycles. The Morgan fingerprint density at radius 3 is 2.33 bits per heavy atom. The van der Waals surface area contributed by atoms with Gasteiger partial charge in [0.05, 0.1) is 13.7 Å². The molecule has 7 heteroatoms. The summed E-state index contributed by atoms with van der Waals surface area (Å²) in [5.41, 5.74) is 3.14. The Balaban J connectivity index is 1.37. The van der Waals surface area contributed by atoms with Crippen molar-refractivity contribution in [3.8, 4) is 16.9 Å². The highest BCUT2D eigenvalue weighted by Gasteiger charge is 2.22. The molecule has 3 aromatic rings. The first-order valence-electron chi connectivity index (χ1n) is 10.9. The first-order valence-corrected chi connectivity index (χ1v) is 11.2. The SMILES string of the molecule is COc1ccccc1-c1ccccc1C(=O)NCC(=O)N1CCN(c2cccc(Cl)c2)CC1. The summed E-state index contributed by atoms with van der Waals surface area (Å²) in [6.07, 6.45) is 0. The first kappa shape index (κ1) is 22.7. The van der Waals surface area contributed by atoms with Gasteiger partial charge < -0.3 is 19.9 Å². The van der Waals surface area contributed by atoms with Crippen LogP contribution in [0.5, 0.6) is 5.75 Å². The summed E-state index contributed by atoms with van der Waals surface area (Å²) < 4.78 is 5.46. The van der Waals surface area contributed by atoms with Crippen LogP contribution in [0.1, 0.15) is 10.4 Å². The molecule has 0 saturated carbocycles. The number of piperazine rings is 1. The molecule has 0 aliphatic carbocycles. The third-order valence-corrected chi connectivity index (χ3v) is 6.01. The fraction of sp³-hybridized carbons (Fsp3) is 0.231. The van der Waals surface area contributed by atoms with E-state index in [1.165, 1.54) is 0 Å². The monoisotopic (exact) mass is 463 g/mol. The van der Waals surface area contributed by atoms with E-state index in [-0.39, 0.29) is 18.4 Å². The molecule has 1 aliphatic rings. The molecule has 1 fully saturated rings. The van der Waals surface area contributed by atoms with Crippen molar-refractivity contribution >= 4 is 29.1 Å². The van der Waals surface area contributed by atoms with Gasteiger partial charge in [0.25, 0.3) is 5.91 Å². The third-order valence-electron chi connectivity index (χ3n) is 5.77. The largest absolute Gasteiger partial charge is 0.496 e. The summed E-state index contributed by atoms with van der Waals surface area (Å²) in [4.78, 5) is 29.7. The molecule has 0 spiro atoms. The smallest absolute Gasteiger partial charge is 0.252 e. The van der Waals surface area contributed by atoms with E-state index in [2.05, 4.69) is 10.2 Å². The third kappa shape index (κ3) is 5.29. The Bertz CT molecular complexity index is 1140. The standard InChI is InChI=1S/C26H26ClN3O3/c1-33-24-12-5-4-10-22(24)21-9-2-3-11-23(21)26(32)28-18-25(31)30-15-13-29(14-16-30)20-8-6-7-19(27)17-20/h2-12,17H,13-16,18H2,1H3,(H,28,32). The summed E-state index contributed by atoms with van der Waals surface area (Å²) in [7, 11) is 1.60. The molecule has 3 aromatic carbocycles. The van der Waals surface area contributed by atoms with E-state index >= 15 is 0 Å². The predicted octanol–water partition coefficient (Wildman–Crippen LogP) is 4.09. The van der Waals surface area contributed by atoms with Crippen molar-refractivity contribution in [2.45, 2.75) is 0 Å². The van der Waals surface area contributed by atoms with Gasteiger partial charge in [-0.2, -0.15) is 0 Å². The zero-order chi connectivity index (χ0) is 23.2. The van der Waals surface area contributed by atoms with Crippen LogP contribution in [-0.4, -0.2) is 56.5 Å². The maximum Gasteiger partial charge on any atom is 0.252 e. The average molecular weight is 464 g/mol. The summed E-state index contributed by atoms with van der Waals surface area (Å²) in [6, 6.07) is 22.6. The van der Waals surface area contributed by atoms with E-state index in [9.17, 15) is 9.59 Å². The zero-order valence-electron chi connectivity index (χ0n) is 18.5. The fourth-order valence-corrected chi connectivity index (χ4v) is 4.22. The lowest BCUT2D eigenvalue weighted by molar-refractivity contribution is -0.130. The van der Waals surface area contributed by atoms with Crippen LogP contribution in [0.15, 0.2) is 72.8 Å². The minimum absolute atomic E-state index is 0.0454. The molecular weight excluding hydrogens is 438 g/mol. The van der Waals surface area contributed by atoms with Gasteiger partial charge in [-0.1, -0.05) is 54.1 Å². The lowest BCUT2D eigenvalue weighted by Crippen LogP contribution is -2.51. The normalized spacial score (nSPS) is 13.5. The number of nitrogens with one attached hydrogen (secondary N) is 1. The molecular formula is C26H26ClN3O3. The van der Waals surface area contributed by atoms with Crippen molar-refractivity contribution < 1.29 is 14.3 Å². The summed E-state index contributed by atoms with van der Waals surface area (Å²) >= 11 is 6.09. The van der Waals surface area contributed by atoms with E-state index < -0.39 is 0 Å². The molecule has 6 nitrogen and oxygen atoms in total. The maximum atomic E-state index is 13.0. The molecule has 4 rings (SSSR count). The van der Waals surface area contributed by atoms with Crippen molar-refractivity contribution in [1.29, 1.82) is 0 Å². The van der Waals surface area contributed by atoms with Crippen molar-refractivity contribution in [1.82, 2.24) is 10.2 Å². The number of hydrogen-bond donors (Lipinski definition) is 1. The minimum Gasteiger partial charge on any atom is -0.496 e. The second-order valence-electron chi connectivity index (χ2n) is 7.78. The van der Waals surface area contributed by atoms with Gasteiger partial charge in [-0.3, -0.25) is 9.59 Å². The Kier molecular flexibility index (Phi) is 7.15. The van der Waals surface area contributed by atoms with Crippen LogP contribution in [0.4, 0.5) is 5.69 Å². The number of anilines is 1. The molecule has 1 aliphatic heterocycles. The molecule has 0 bridgehead atoms. The van der Waals surface area contributed by atoms with Gasteiger partial charge in [-0.05, 0) is 35.9 Å². The second-order valence-corrected chi connectivity index (χ2v) is 8.21. The molecule has 1 heterocycles. The number of nitrogens with zero attached hydrogens (tertiary/aromatic N) is 2. The van der Waals surface area contributed by atoms with E-state index in [1.54, 1.807) is 18.1 Å². The molecule has 2 amide bonds. The summed E-state index contributed by atoms with van der Waals surface area (Å²) in [5, 5.41) is 3.49. The molecule has 170 valence electrons. The molecule has 0 aromatic heterocycles. The topological polar surface area (TPSA) is 61.9 Å².